The van der Waals surface area contributed by atoms with Crippen molar-refractivity contribution in [2.75, 3.05) is 26.2 Å². The van der Waals surface area contributed by atoms with E-state index in [1.807, 2.05) is 12.1 Å². The van der Waals surface area contributed by atoms with Crippen molar-refractivity contribution in [3.63, 3.8) is 0 Å². The zero-order chi connectivity index (χ0) is 19.5. The maximum atomic E-state index is 13.4. The van der Waals surface area contributed by atoms with Gasteiger partial charge in [0.15, 0.2) is 0 Å². The van der Waals surface area contributed by atoms with Crippen LogP contribution in [0.3, 0.4) is 0 Å². The standard InChI is InChI=1S/C22H25ClFN3O/c23-18-5-1-16(2-6-18)15-26-11-13-27(14-12-26)21(22(28)25-20-9-10-20)17-3-7-19(24)8-4-17/h1-8,20-21H,9-15H2,(H,25,28). The maximum Gasteiger partial charge on any atom is 0.242 e. The van der Waals surface area contributed by atoms with Crippen molar-refractivity contribution < 1.29 is 9.18 Å². The number of hydrogen-bond acceptors (Lipinski definition) is 3. The first kappa shape index (κ1) is 19.4. The number of nitrogens with one attached hydrogen (secondary N) is 1. The van der Waals surface area contributed by atoms with Gasteiger partial charge in [0.1, 0.15) is 11.9 Å². The summed E-state index contributed by atoms with van der Waals surface area (Å²) in [6, 6.07) is 14.2. The van der Waals surface area contributed by atoms with Crippen molar-refractivity contribution in [1.29, 1.82) is 0 Å². The lowest BCUT2D eigenvalue weighted by Crippen LogP contribution is -2.51. The molecule has 6 heteroatoms. The second-order valence-electron chi connectivity index (χ2n) is 7.68. The zero-order valence-electron chi connectivity index (χ0n) is 15.8. The number of amides is 1. The van der Waals surface area contributed by atoms with Gasteiger partial charge in [-0.1, -0.05) is 35.9 Å². The van der Waals surface area contributed by atoms with Gasteiger partial charge in [0, 0.05) is 43.8 Å². The topological polar surface area (TPSA) is 35.6 Å². The molecule has 1 unspecified atom stereocenters. The van der Waals surface area contributed by atoms with Crippen LogP contribution in [0.15, 0.2) is 48.5 Å². The molecule has 0 aromatic heterocycles. The van der Waals surface area contributed by atoms with Crippen molar-refractivity contribution in [2.24, 2.45) is 0 Å². The molecule has 4 rings (SSSR count). The third-order valence-electron chi connectivity index (χ3n) is 5.45. The summed E-state index contributed by atoms with van der Waals surface area (Å²) in [5, 5.41) is 3.87. The molecule has 2 fully saturated rings. The van der Waals surface area contributed by atoms with Gasteiger partial charge in [-0.15, -0.1) is 0 Å². The predicted octanol–water partition coefficient (Wildman–Crippen LogP) is 3.62. The number of nitrogens with zero attached hydrogens (tertiary/aromatic N) is 2. The van der Waals surface area contributed by atoms with Crippen molar-refractivity contribution in [3.05, 3.63) is 70.5 Å². The fraction of sp³-hybridized carbons (Fsp3) is 0.409. The van der Waals surface area contributed by atoms with Crippen molar-refractivity contribution in [2.45, 2.75) is 31.5 Å². The molecule has 148 valence electrons. The van der Waals surface area contributed by atoms with Crippen LogP contribution in [-0.4, -0.2) is 47.9 Å². The highest BCUT2D eigenvalue weighted by Crippen LogP contribution is 2.26. The number of carbonyl (C=O) groups is 1. The van der Waals surface area contributed by atoms with E-state index in [0.29, 0.717) is 6.04 Å². The molecule has 1 N–H and O–H groups in total. The van der Waals surface area contributed by atoms with Gasteiger partial charge in [-0.3, -0.25) is 14.6 Å². The molecular weight excluding hydrogens is 377 g/mol. The fourth-order valence-electron chi connectivity index (χ4n) is 3.71. The van der Waals surface area contributed by atoms with Gasteiger partial charge in [0.25, 0.3) is 0 Å². The second kappa shape index (κ2) is 8.60. The minimum absolute atomic E-state index is 0.0280. The molecule has 0 radical (unpaired) electrons. The molecular formula is C22H25ClFN3O. The lowest BCUT2D eigenvalue weighted by atomic mass is 10.0. The molecule has 0 bridgehead atoms. The van der Waals surface area contributed by atoms with Crippen LogP contribution < -0.4 is 5.32 Å². The second-order valence-corrected chi connectivity index (χ2v) is 8.11. The largest absolute Gasteiger partial charge is 0.352 e. The molecule has 28 heavy (non-hydrogen) atoms. The highest BCUT2D eigenvalue weighted by molar-refractivity contribution is 6.30. The van der Waals surface area contributed by atoms with Crippen molar-refractivity contribution in [3.8, 4) is 0 Å². The van der Waals surface area contributed by atoms with Crippen LogP contribution in [0.25, 0.3) is 0 Å². The van der Waals surface area contributed by atoms with E-state index in [9.17, 15) is 9.18 Å². The smallest absolute Gasteiger partial charge is 0.242 e. The summed E-state index contributed by atoms with van der Waals surface area (Å²) in [5.74, 6) is -0.252. The summed E-state index contributed by atoms with van der Waals surface area (Å²) in [6.07, 6.45) is 2.10. The molecule has 1 heterocycles. The Morgan fingerprint density at radius 3 is 2.29 bits per heavy atom. The number of piperazine rings is 1. The summed E-state index contributed by atoms with van der Waals surface area (Å²) in [5.41, 5.74) is 2.09. The third kappa shape index (κ3) is 4.90. The van der Waals surface area contributed by atoms with Crippen LogP contribution in [0.4, 0.5) is 4.39 Å². The highest BCUT2D eigenvalue weighted by atomic mass is 35.5. The molecule has 1 aliphatic carbocycles. The predicted molar refractivity (Wildman–Crippen MR) is 109 cm³/mol. The van der Waals surface area contributed by atoms with Crippen LogP contribution >= 0.6 is 11.6 Å². The number of benzene rings is 2. The Morgan fingerprint density at radius 1 is 1.04 bits per heavy atom. The average Bonchev–Trinajstić information content (AvgIpc) is 3.51. The quantitative estimate of drug-likeness (QED) is 0.803. The van der Waals surface area contributed by atoms with Crippen LogP contribution in [0, 0.1) is 5.82 Å². The molecule has 1 saturated carbocycles. The van der Waals surface area contributed by atoms with Gasteiger partial charge >= 0.3 is 0 Å². The number of carbonyl (C=O) groups excluding carboxylic acids is 1. The monoisotopic (exact) mass is 401 g/mol. The summed E-state index contributed by atoms with van der Waals surface area (Å²) < 4.78 is 13.4. The van der Waals surface area contributed by atoms with Gasteiger partial charge in [-0.25, -0.2) is 4.39 Å². The molecule has 2 aromatic rings. The van der Waals surface area contributed by atoms with Gasteiger partial charge in [0.2, 0.25) is 5.91 Å². The summed E-state index contributed by atoms with van der Waals surface area (Å²) in [6.45, 7) is 4.25. The molecule has 2 aromatic carbocycles. The Morgan fingerprint density at radius 2 is 1.68 bits per heavy atom. The summed E-state index contributed by atoms with van der Waals surface area (Å²) >= 11 is 5.96. The van der Waals surface area contributed by atoms with E-state index in [2.05, 4.69) is 27.2 Å². The molecule has 4 nitrogen and oxygen atoms in total. The van der Waals surface area contributed by atoms with Crippen LogP contribution in [0.1, 0.15) is 30.0 Å². The highest BCUT2D eigenvalue weighted by Gasteiger charge is 2.33. The molecule has 1 saturated heterocycles. The molecule has 1 amide bonds. The van der Waals surface area contributed by atoms with E-state index in [4.69, 9.17) is 11.6 Å². The normalized spacial score (nSPS) is 19.4. The molecule has 1 aliphatic heterocycles. The van der Waals surface area contributed by atoms with Gasteiger partial charge < -0.3 is 5.32 Å². The Kier molecular flexibility index (Phi) is 5.95. The van der Waals surface area contributed by atoms with Crippen LogP contribution in [-0.2, 0) is 11.3 Å². The van der Waals surface area contributed by atoms with Crippen LogP contribution in [0.5, 0.6) is 0 Å². The first-order valence-corrected chi connectivity index (χ1v) is 10.2. The summed E-state index contributed by atoms with van der Waals surface area (Å²) in [7, 11) is 0. The van der Waals surface area contributed by atoms with E-state index in [1.165, 1.54) is 17.7 Å². The zero-order valence-corrected chi connectivity index (χ0v) is 16.5. The van der Waals surface area contributed by atoms with Gasteiger partial charge in [-0.2, -0.15) is 0 Å². The number of hydrogen-bond donors (Lipinski definition) is 1. The molecule has 1 atom stereocenters. The SMILES string of the molecule is O=C(NC1CC1)C(c1ccc(F)cc1)N1CCN(Cc2ccc(Cl)cc2)CC1. The van der Waals surface area contributed by atoms with Gasteiger partial charge in [-0.05, 0) is 48.2 Å². The Balaban J connectivity index is 1.41. The Labute approximate surface area is 170 Å². The molecule has 0 spiro atoms. The van der Waals surface area contributed by atoms with Crippen molar-refractivity contribution in [1.82, 2.24) is 15.1 Å². The number of halogens is 2. The first-order valence-electron chi connectivity index (χ1n) is 9.85. The van der Waals surface area contributed by atoms with E-state index in [0.717, 1.165) is 56.2 Å². The Hall–Kier alpha value is -1.95. The Bertz CT molecular complexity index is 800. The van der Waals surface area contributed by atoms with E-state index in [-0.39, 0.29) is 17.8 Å². The minimum atomic E-state index is -0.362. The first-order chi connectivity index (χ1) is 13.6. The van der Waals surface area contributed by atoms with Gasteiger partial charge in [0.05, 0.1) is 0 Å². The summed E-state index contributed by atoms with van der Waals surface area (Å²) in [4.78, 5) is 17.5. The fourth-order valence-corrected chi connectivity index (χ4v) is 3.83. The third-order valence-corrected chi connectivity index (χ3v) is 5.70. The average molecular weight is 402 g/mol. The lowest BCUT2D eigenvalue weighted by molar-refractivity contribution is -0.127. The van der Waals surface area contributed by atoms with Crippen molar-refractivity contribution >= 4 is 17.5 Å². The van der Waals surface area contributed by atoms with Crippen LogP contribution in [0.2, 0.25) is 5.02 Å². The minimum Gasteiger partial charge on any atom is -0.352 e. The number of rotatable bonds is 6. The van der Waals surface area contributed by atoms with E-state index >= 15 is 0 Å². The van der Waals surface area contributed by atoms with E-state index < -0.39 is 0 Å². The lowest BCUT2D eigenvalue weighted by Gasteiger charge is -2.39. The van der Waals surface area contributed by atoms with E-state index in [1.54, 1.807) is 12.1 Å². The maximum absolute atomic E-state index is 13.4. The molecule has 2 aliphatic rings.